The Kier molecular flexibility index (Phi) is 7.62. The van der Waals surface area contributed by atoms with Crippen molar-refractivity contribution in [1.82, 2.24) is 0 Å². The molecule has 6 rings (SSSR count). The molecule has 4 saturated carbocycles. The van der Waals surface area contributed by atoms with Crippen molar-refractivity contribution in [2.45, 2.75) is 128 Å². The molecule has 9 nitrogen and oxygen atoms in total. The summed E-state index contributed by atoms with van der Waals surface area (Å²) in [5.41, 5.74) is -0.559. The monoisotopic (exact) mass is 576 g/mol. The molecule has 41 heavy (non-hydrogen) atoms. The van der Waals surface area contributed by atoms with Crippen LogP contribution in [0.15, 0.2) is 11.6 Å². The number of carbonyl (C=O) groups is 2. The van der Waals surface area contributed by atoms with E-state index in [2.05, 4.69) is 13.8 Å². The van der Waals surface area contributed by atoms with Gasteiger partial charge in [-0.3, -0.25) is 4.79 Å². The lowest BCUT2D eigenvalue weighted by molar-refractivity contribution is -0.273. The molecule has 6 aliphatic rings. The molecule has 0 radical (unpaired) electrons. The lowest BCUT2D eigenvalue weighted by Gasteiger charge is -2.63. The van der Waals surface area contributed by atoms with E-state index in [1.54, 1.807) is 13.2 Å². The number of methoxy groups -OCH3 is 1. The number of hydrogen-bond acceptors (Lipinski definition) is 9. The van der Waals surface area contributed by atoms with E-state index in [0.717, 1.165) is 50.5 Å². The van der Waals surface area contributed by atoms with E-state index in [0.29, 0.717) is 24.7 Å². The molecule has 13 atom stereocenters. The maximum absolute atomic E-state index is 12.7. The lowest BCUT2D eigenvalue weighted by Crippen LogP contribution is -2.62. The highest BCUT2D eigenvalue weighted by Gasteiger charge is 2.71. The van der Waals surface area contributed by atoms with Crippen molar-refractivity contribution < 1.29 is 43.5 Å². The summed E-state index contributed by atoms with van der Waals surface area (Å²) >= 11 is 0. The molecule has 0 aromatic heterocycles. The smallest absolute Gasteiger partial charge is 0.331 e. The van der Waals surface area contributed by atoms with Gasteiger partial charge in [-0.2, -0.15) is 0 Å². The summed E-state index contributed by atoms with van der Waals surface area (Å²) in [6, 6.07) is 0. The largest absolute Gasteiger partial charge is 0.462 e. The number of fused-ring (bicyclic) bond motifs is 5. The number of rotatable bonds is 5. The predicted molar refractivity (Wildman–Crippen MR) is 147 cm³/mol. The quantitative estimate of drug-likeness (QED) is 0.373. The fraction of sp³-hybridized carbons (Fsp3) is 0.875. The summed E-state index contributed by atoms with van der Waals surface area (Å²) in [4.78, 5) is 24.2. The van der Waals surface area contributed by atoms with Crippen LogP contribution in [0.5, 0.6) is 0 Å². The van der Waals surface area contributed by atoms with Crippen LogP contribution in [-0.4, -0.2) is 78.3 Å². The second-order valence-corrected chi connectivity index (χ2v) is 14.3. The van der Waals surface area contributed by atoms with Gasteiger partial charge in [-0.15, -0.1) is 0 Å². The van der Waals surface area contributed by atoms with Crippen molar-refractivity contribution in [3.8, 4) is 0 Å². The van der Waals surface area contributed by atoms with Gasteiger partial charge in [-0.25, -0.2) is 4.79 Å². The van der Waals surface area contributed by atoms with Crippen molar-refractivity contribution >= 4 is 11.9 Å². The Morgan fingerprint density at radius 2 is 1.85 bits per heavy atom. The molecule has 9 heteroatoms. The SMILES string of the molecule is CO[C@@H]1C[C@H](O[C@@H]2CC[C@]3(C)[C@H](CC[C@@H]4[C@@H]3CC[C@]3(C)[C@H](C5=CC(=O)OC5)[C@H](OC(C)=O)C[C@@]43O)C2)O[C@@H](C)[C@@H]1O. The first-order chi connectivity index (χ1) is 19.4. The van der Waals surface area contributed by atoms with Gasteiger partial charge in [0.25, 0.3) is 0 Å². The van der Waals surface area contributed by atoms with Gasteiger partial charge in [0.05, 0.1) is 23.9 Å². The highest BCUT2D eigenvalue weighted by molar-refractivity contribution is 5.85. The number of aliphatic hydroxyl groups excluding tert-OH is 1. The third-order valence-electron chi connectivity index (χ3n) is 12.5. The standard InChI is InChI=1S/C32H48O9/c1-17-29(35)24(37-5)14-27(39-17)41-21-8-10-30(3)20(13-21)6-7-23-22(30)9-11-31(4)28(19-12-26(34)38-16-19)25(40-18(2)33)15-32(23,31)36/h12,17,20-25,27-29,35-36H,6-11,13-16H2,1-5H3/t17-,20+,21+,22-,23+,24+,25+,27-,28+,29-,30+,31+,32+/m0/s1. The molecule has 0 spiro atoms. The maximum atomic E-state index is 12.7. The second-order valence-electron chi connectivity index (χ2n) is 14.3. The van der Waals surface area contributed by atoms with Gasteiger partial charge in [-0.1, -0.05) is 13.8 Å². The minimum absolute atomic E-state index is 0.0898. The van der Waals surface area contributed by atoms with Crippen LogP contribution in [0.25, 0.3) is 0 Å². The van der Waals surface area contributed by atoms with E-state index >= 15 is 0 Å². The van der Waals surface area contributed by atoms with Crippen molar-refractivity contribution in [2.75, 3.05) is 13.7 Å². The number of carbonyl (C=O) groups excluding carboxylic acids is 2. The fourth-order valence-electron chi connectivity index (χ4n) is 10.4. The minimum atomic E-state index is -0.990. The highest BCUT2D eigenvalue weighted by Crippen LogP contribution is 2.70. The molecule has 1 saturated heterocycles. The first-order valence-corrected chi connectivity index (χ1v) is 15.7. The van der Waals surface area contributed by atoms with Gasteiger partial charge in [0.2, 0.25) is 0 Å². The molecule has 0 unspecified atom stereocenters. The summed E-state index contributed by atoms with van der Waals surface area (Å²) in [5, 5.41) is 23.0. The Morgan fingerprint density at radius 3 is 2.54 bits per heavy atom. The van der Waals surface area contributed by atoms with Gasteiger partial charge in [0, 0.05) is 44.3 Å². The van der Waals surface area contributed by atoms with Crippen molar-refractivity contribution in [1.29, 1.82) is 0 Å². The first kappa shape index (κ1) is 29.5. The molecule has 5 fully saturated rings. The molecule has 0 aromatic carbocycles. The van der Waals surface area contributed by atoms with Crippen LogP contribution in [0.4, 0.5) is 0 Å². The van der Waals surface area contributed by atoms with Gasteiger partial charge in [-0.05, 0) is 80.6 Å². The Hall–Kier alpha value is -1.52. The number of aliphatic hydroxyl groups is 2. The van der Waals surface area contributed by atoms with Crippen LogP contribution in [0.1, 0.15) is 85.5 Å². The number of esters is 2. The van der Waals surface area contributed by atoms with Gasteiger partial charge in [0.1, 0.15) is 18.8 Å². The molecule has 230 valence electrons. The van der Waals surface area contributed by atoms with Gasteiger partial charge >= 0.3 is 11.9 Å². The molecule has 2 N–H and O–H groups in total. The fourth-order valence-corrected chi connectivity index (χ4v) is 10.4. The Morgan fingerprint density at radius 1 is 1.07 bits per heavy atom. The van der Waals surface area contributed by atoms with E-state index in [-0.39, 0.29) is 60.4 Å². The molecule has 0 bridgehead atoms. The Labute approximate surface area is 243 Å². The molecular weight excluding hydrogens is 528 g/mol. The average molecular weight is 577 g/mol. The summed E-state index contributed by atoms with van der Waals surface area (Å²) in [6.45, 7) is 8.06. The third-order valence-corrected chi connectivity index (χ3v) is 12.5. The van der Waals surface area contributed by atoms with Crippen LogP contribution < -0.4 is 0 Å². The average Bonchev–Trinajstić information content (AvgIpc) is 3.42. The number of cyclic esters (lactones) is 1. The van der Waals surface area contributed by atoms with E-state index in [1.165, 1.54) is 6.92 Å². The van der Waals surface area contributed by atoms with Gasteiger partial charge in [0.15, 0.2) is 6.29 Å². The van der Waals surface area contributed by atoms with E-state index in [9.17, 15) is 19.8 Å². The van der Waals surface area contributed by atoms with Crippen LogP contribution >= 0.6 is 0 Å². The number of ether oxygens (including phenoxy) is 5. The zero-order chi connectivity index (χ0) is 29.3. The second kappa shape index (κ2) is 10.6. The van der Waals surface area contributed by atoms with Crippen molar-refractivity contribution in [3.63, 3.8) is 0 Å². The predicted octanol–water partition coefficient (Wildman–Crippen LogP) is 3.68. The zero-order valence-electron chi connectivity index (χ0n) is 25.2. The Balaban J connectivity index is 1.19. The first-order valence-electron chi connectivity index (χ1n) is 15.7. The van der Waals surface area contributed by atoms with Crippen LogP contribution in [0, 0.1) is 34.5 Å². The topological polar surface area (TPSA) is 121 Å². The summed E-state index contributed by atoms with van der Waals surface area (Å²) in [5.74, 6) is 0.0175. The summed E-state index contributed by atoms with van der Waals surface area (Å²) in [6.07, 6.45) is 7.14. The molecule has 2 aliphatic heterocycles. The molecular formula is C32H48O9. The normalized spacial score (nSPS) is 51.2. The third kappa shape index (κ3) is 4.69. The Bertz CT molecular complexity index is 1080. The molecule has 4 aliphatic carbocycles. The summed E-state index contributed by atoms with van der Waals surface area (Å²) in [7, 11) is 1.62. The van der Waals surface area contributed by atoms with Gasteiger partial charge < -0.3 is 33.9 Å². The molecule has 2 heterocycles. The van der Waals surface area contributed by atoms with E-state index < -0.39 is 23.2 Å². The van der Waals surface area contributed by atoms with Crippen molar-refractivity contribution in [3.05, 3.63) is 11.6 Å². The highest BCUT2D eigenvalue weighted by atomic mass is 16.7. The minimum Gasteiger partial charge on any atom is -0.462 e. The summed E-state index contributed by atoms with van der Waals surface area (Å²) < 4.78 is 29.1. The van der Waals surface area contributed by atoms with Crippen LogP contribution in [0.3, 0.4) is 0 Å². The van der Waals surface area contributed by atoms with E-state index in [1.807, 2.05) is 6.92 Å². The zero-order valence-corrected chi connectivity index (χ0v) is 25.2. The molecule has 0 amide bonds. The number of hydrogen-bond donors (Lipinski definition) is 2. The maximum Gasteiger partial charge on any atom is 0.331 e. The van der Waals surface area contributed by atoms with Crippen LogP contribution in [0.2, 0.25) is 0 Å². The van der Waals surface area contributed by atoms with Crippen LogP contribution in [-0.2, 0) is 33.3 Å². The molecule has 0 aromatic rings. The van der Waals surface area contributed by atoms with Crippen molar-refractivity contribution in [2.24, 2.45) is 34.5 Å². The lowest BCUT2D eigenvalue weighted by atomic mass is 9.43. The van der Waals surface area contributed by atoms with E-state index in [4.69, 9.17) is 23.7 Å².